The van der Waals surface area contributed by atoms with E-state index in [2.05, 4.69) is 207 Å². The molecular weight excluding hydrogens is 665 g/mol. The zero-order valence-corrected chi connectivity index (χ0v) is 31.7. The second-order valence-corrected chi connectivity index (χ2v) is 14.1. The van der Waals surface area contributed by atoms with Crippen LogP contribution in [0, 0.1) is 6.92 Å². The molecule has 0 saturated carbocycles. The lowest BCUT2D eigenvalue weighted by Gasteiger charge is -2.14. The summed E-state index contributed by atoms with van der Waals surface area (Å²) in [7, 11) is 0. The molecule has 55 heavy (non-hydrogen) atoms. The van der Waals surface area contributed by atoms with Crippen LogP contribution >= 0.6 is 0 Å². The first kappa shape index (κ1) is 35.3. The Balaban J connectivity index is 0.000000551. The lowest BCUT2D eigenvalue weighted by molar-refractivity contribution is 0.761. The Labute approximate surface area is 325 Å². The summed E-state index contributed by atoms with van der Waals surface area (Å²) < 4.78 is 2.35. The van der Waals surface area contributed by atoms with Crippen molar-refractivity contribution in [2.24, 2.45) is 0 Å². The number of benzene rings is 7. The maximum absolute atomic E-state index is 4.11. The summed E-state index contributed by atoms with van der Waals surface area (Å²) in [5.41, 5.74) is 14.7. The molecule has 0 fully saturated rings. The van der Waals surface area contributed by atoms with E-state index in [9.17, 15) is 0 Å². The molecule has 1 N–H and O–H groups in total. The number of rotatable bonds is 6. The molecule has 1 atom stereocenters. The van der Waals surface area contributed by atoms with Crippen LogP contribution in [-0.4, -0.2) is 12.3 Å². The SMILES string of the molecule is C=Cc1c(/C=C\C)cc(-c2ccc(-c3ccc4c5c(ccc4c3)-c3ccccc3[N+]5=C/C=C\c3ccccc3C)cc2)c2ccccc12.CC1C=CC=CN1. The standard InChI is InChI=1S/C47H36N.C6H9N/c1-4-13-37-31-45(42-18-9-8-17-41(42)39(37)5-2)35-23-21-34(22-24-35)36-25-27-40-38(30-36)26-28-44-43-19-10-11-20-46(43)48(47(40)44)29-12-16-33-15-7-6-14-32(33)3;1-6-4-2-3-5-7-6/h4-31H,2H2,1,3H3;2-7H,1H3/q+1;/b13-4-,16-12-,48-29?;. The molecule has 2 aliphatic rings. The molecule has 266 valence electrons. The van der Waals surface area contributed by atoms with E-state index in [-0.39, 0.29) is 0 Å². The largest absolute Gasteiger partial charge is 0.385 e. The number of nitrogens with one attached hydrogen (secondary N) is 1. The Morgan fingerprint density at radius 2 is 1.38 bits per heavy atom. The van der Waals surface area contributed by atoms with Gasteiger partial charge in [0.2, 0.25) is 11.4 Å². The van der Waals surface area contributed by atoms with Crippen LogP contribution in [-0.2, 0) is 0 Å². The summed E-state index contributed by atoms with van der Waals surface area (Å²) in [5, 5.41) is 8.05. The van der Waals surface area contributed by atoms with Crippen LogP contribution in [0.4, 0.5) is 11.4 Å². The number of aryl methyl sites for hydroxylation is 1. The third kappa shape index (κ3) is 7.03. The number of dihydropyridines is 1. The maximum Gasteiger partial charge on any atom is 0.227 e. The van der Waals surface area contributed by atoms with Gasteiger partial charge in [-0.15, -0.1) is 0 Å². The summed E-state index contributed by atoms with van der Waals surface area (Å²) in [6.45, 7) is 10.4. The first-order valence-corrected chi connectivity index (χ1v) is 19.1. The van der Waals surface area contributed by atoms with Crippen LogP contribution < -0.4 is 9.89 Å². The molecule has 9 rings (SSSR count). The van der Waals surface area contributed by atoms with E-state index in [1.165, 1.54) is 88.6 Å². The first-order chi connectivity index (χ1) is 27.0. The molecule has 1 unspecified atom stereocenters. The molecular formula is C53H45N2+. The summed E-state index contributed by atoms with van der Waals surface area (Å²) in [6, 6.07) is 49.1. The molecule has 0 bridgehead atoms. The molecule has 0 aromatic heterocycles. The molecule has 0 spiro atoms. The van der Waals surface area contributed by atoms with Gasteiger partial charge in [-0.25, -0.2) is 0 Å². The van der Waals surface area contributed by atoms with E-state index in [1.807, 2.05) is 24.4 Å². The molecule has 0 aliphatic carbocycles. The van der Waals surface area contributed by atoms with Crippen LogP contribution in [0.1, 0.15) is 36.1 Å². The monoisotopic (exact) mass is 709 g/mol. The van der Waals surface area contributed by atoms with E-state index in [0.29, 0.717) is 6.04 Å². The lowest BCUT2D eigenvalue weighted by atomic mass is 9.90. The smallest absolute Gasteiger partial charge is 0.227 e. The van der Waals surface area contributed by atoms with Gasteiger partial charge in [0.05, 0.1) is 16.5 Å². The van der Waals surface area contributed by atoms with Gasteiger partial charge in [-0.3, -0.25) is 0 Å². The minimum absolute atomic E-state index is 0.519. The van der Waals surface area contributed by atoms with Crippen molar-refractivity contribution >= 4 is 57.4 Å². The molecule has 7 aromatic carbocycles. The van der Waals surface area contributed by atoms with Gasteiger partial charge in [-0.05, 0) is 130 Å². The number of hydrogen-bond donors (Lipinski definition) is 1. The molecule has 0 amide bonds. The minimum Gasteiger partial charge on any atom is -0.385 e. The fraction of sp³-hybridized carbons (Fsp3) is 0.0755. The Morgan fingerprint density at radius 1 is 0.636 bits per heavy atom. The average Bonchev–Trinajstić information content (AvgIpc) is 3.55. The van der Waals surface area contributed by atoms with E-state index >= 15 is 0 Å². The third-order valence-corrected chi connectivity index (χ3v) is 10.5. The molecule has 2 heteroatoms. The van der Waals surface area contributed by atoms with Gasteiger partial charge >= 0.3 is 0 Å². The topological polar surface area (TPSA) is 15.0 Å². The van der Waals surface area contributed by atoms with Crippen molar-refractivity contribution in [1.29, 1.82) is 0 Å². The first-order valence-electron chi connectivity index (χ1n) is 19.1. The Kier molecular flexibility index (Phi) is 10.1. The van der Waals surface area contributed by atoms with Gasteiger partial charge < -0.3 is 5.32 Å². The van der Waals surface area contributed by atoms with Gasteiger partial charge in [-0.2, -0.15) is 4.58 Å². The summed E-state index contributed by atoms with van der Waals surface area (Å²) in [4.78, 5) is 0. The van der Waals surface area contributed by atoms with Crippen LogP contribution in [0.3, 0.4) is 0 Å². The van der Waals surface area contributed by atoms with Crippen molar-refractivity contribution in [3.05, 3.63) is 199 Å². The Bertz CT molecular complexity index is 2720. The van der Waals surface area contributed by atoms with Crippen molar-refractivity contribution in [1.82, 2.24) is 9.89 Å². The zero-order chi connectivity index (χ0) is 37.7. The molecule has 2 aliphatic heterocycles. The summed E-state index contributed by atoms with van der Waals surface area (Å²) >= 11 is 0. The van der Waals surface area contributed by atoms with Crippen molar-refractivity contribution in [3.63, 3.8) is 0 Å². The summed E-state index contributed by atoms with van der Waals surface area (Å²) in [5.74, 6) is 0. The van der Waals surface area contributed by atoms with Crippen LogP contribution in [0.2, 0.25) is 0 Å². The predicted molar refractivity (Wildman–Crippen MR) is 241 cm³/mol. The quantitative estimate of drug-likeness (QED) is 0.170. The third-order valence-electron chi connectivity index (χ3n) is 10.5. The number of allylic oxidation sites excluding steroid dienone is 4. The molecule has 2 nitrogen and oxygen atoms in total. The van der Waals surface area contributed by atoms with Crippen molar-refractivity contribution in [3.8, 4) is 33.4 Å². The van der Waals surface area contributed by atoms with Crippen LogP contribution in [0.25, 0.3) is 73.2 Å². The van der Waals surface area contributed by atoms with Gasteiger partial charge in [0.25, 0.3) is 0 Å². The minimum atomic E-state index is 0.519. The van der Waals surface area contributed by atoms with Crippen molar-refractivity contribution in [2.45, 2.75) is 26.8 Å². The average molecular weight is 710 g/mol. The molecule has 0 radical (unpaired) electrons. The normalized spacial score (nSPS) is 15.0. The predicted octanol–water partition coefficient (Wildman–Crippen LogP) is 14.0. The van der Waals surface area contributed by atoms with Gasteiger partial charge in [0, 0.05) is 18.2 Å². The fourth-order valence-electron chi connectivity index (χ4n) is 7.76. The molecule has 2 heterocycles. The lowest BCUT2D eigenvalue weighted by Crippen LogP contribution is -2.18. The van der Waals surface area contributed by atoms with E-state index in [1.54, 1.807) is 0 Å². The van der Waals surface area contributed by atoms with Crippen LogP contribution in [0.15, 0.2) is 177 Å². The molecule has 7 aromatic rings. The second-order valence-electron chi connectivity index (χ2n) is 14.1. The van der Waals surface area contributed by atoms with Gasteiger partial charge in [-0.1, -0.05) is 134 Å². The fourth-order valence-corrected chi connectivity index (χ4v) is 7.76. The Morgan fingerprint density at radius 3 is 2.13 bits per heavy atom. The van der Waals surface area contributed by atoms with Gasteiger partial charge in [0.15, 0.2) is 6.21 Å². The maximum atomic E-state index is 4.11. The highest BCUT2D eigenvalue weighted by molar-refractivity contribution is 6.10. The zero-order valence-electron chi connectivity index (χ0n) is 31.7. The van der Waals surface area contributed by atoms with Gasteiger partial charge in [0.1, 0.15) is 0 Å². The van der Waals surface area contributed by atoms with E-state index in [0.717, 1.165) is 0 Å². The highest BCUT2D eigenvalue weighted by Gasteiger charge is 2.32. The molecule has 0 saturated heterocycles. The van der Waals surface area contributed by atoms with E-state index in [4.69, 9.17) is 0 Å². The number of hydrogen-bond acceptors (Lipinski definition) is 1. The number of fused-ring (bicyclic) bond motifs is 6. The Hall–Kier alpha value is -6.77. The number of nitrogens with zero attached hydrogens (tertiary/aromatic N) is 1. The number of para-hydroxylation sites is 1. The highest BCUT2D eigenvalue weighted by Crippen LogP contribution is 2.48. The van der Waals surface area contributed by atoms with E-state index < -0.39 is 0 Å². The van der Waals surface area contributed by atoms with Crippen molar-refractivity contribution in [2.75, 3.05) is 0 Å². The second kappa shape index (κ2) is 15.7. The summed E-state index contributed by atoms with van der Waals surface area (Å²) in [6.07, 6.45) is 20.9. The van der Waals surface area contributed by atoms with Crippen molar-refractivity contribution < 1.29 is 0 Å². The van der Waals surface area contributed by atoms with Crippen LogP contribution in [0.5, 0.6) is 0 Å². The highest BCUT2D eigenvalue weighted by atomic mass is 15.0.